The lowest BCUT2D eigenvalue weighted by Gasteiger charge is -2.40. The Morgan fingerprint density at radius 2 is 1.85 bits per heavy atom. The molecule has 0 amide bonds. The van der Waals surface area contributed by atoms with Crippen molar-refractivity contribution in [3.63, 3.8) is 0 Å². The molecule has 0 radical (unpaired) electrons. The molecule has 1 aliphatic heterocycles. The molecule has 1 heterocycles. The number of hydrogen-bond donors (Lipinski definition) is 2. The summed E-state index contributed by atoms with van der Waals surface area (Å²) in [6, 6.07) is 0.562. The average molecular weight is 284 g/mol. The predicted molar refractivity (Wildman–Crippen MR) is 87.0 cm³/mol. The summed E-state index contributed by atoms with van der Waals surface area (Å²) in [6.07, 6.45) is 4.69. The van der Waals surface area contributed by atoms with Crippen LogP contribution in [0.3, 0.4) is 0 Å². The third-order valence-electron chi connectivity index (χ3n) is 4.71. The van der Waals surface area contributed by atoms with Gasteiger partial charge in [0.15, 0.2) is 0 Å². The molecular formula is C17H36N2O. The third kappa shape index (κ3) is 6.11. The van der Waals surface area contributed by atoms with Gasteiger partial charge < -0.3 is 15.3 Å². The summed E-state index contributed by atoms with van der Waals surface area (Å²) in [5.41, 5.74) is 0.372. The Morgan fingerprint density at radius 3 is 2.30 bits per heavy atom. The van der Waals surface area contributed by atoms with Gasteiger partial charge in [-0.05, 0) is 50.6 Å². The Kier molecular flexibility index (Phi) is 7.49. The first kappa shape index (κ1) is 17.9. The number of aliphatic hydroxyl groups excluding tert-OH is 1. The zero-order chi connectivity index (χ0) is 15.2. The molecule has 1 fully saturated rings. The van der Waals surface area contributed by atoms with Crippen molar-refractivity contribution < 1.29 is 5.11 Å². The molecule has 0 bridgehead atoms. The molecule has 20 heavy (non-hydrogen) atoms. The van der Waals surface area contributed by atoms with Crippen molar-refractivity contribution in [3.05, 3.63) is 0 Å². The first-order valence-corrected chi connectivity index (χ1v) is 8.50. The first-order chi connectivity index (χ1) is 9.36. The van der Waals surface area contributed by atoms with Gasteiger partial charge in [-0.1, -0.05) is 34.1 Å². The molecule has 0 aromatic carbocycles. The van der Waals surface area contributed by atoms with Gasteiger partial charge in [0, 0.05) is 19.1 Å². The number of rotatable bonds is 8. The van der Waals surface area contributed by atoms with Crippen molar-refractivity contribution in [2.75, 3.05) is 26.2 Å². The van der Waals surface area contributed by atoms with Crippen molar-refractivity contribution in [2.24, 2.45) is 11.3 Å². The molecule has 0 saturated carbocycles. The topological polar surface area (TPSA) is 35.5 Å². The fourth-order valence-electron chi connectivity index (χ4n) is 3.41. The van der Waals surface area contributed by atoms with E-state index in [1.165, 1.54) is 19.4 Å². The summed E-state index contributed by atoms with van der Waals surface area (Å²) in [4.78, 5) is 2.61. The van der Waals surface area contributed by atoms with Crippen LogP contribution in [0, 0.1) is 11.3 Å². The van der Waals surface area contributed by atoms with Crippen LogP contribution in [0.5, 0.6) is 0 Å². The maximum Gasteiger partial charge on any atom is 0.0541 e. The van der Waals surface area contributed by atoms with Gasteiger partial charge >= 0.3 is 0 Å². The minimum atomic E-state index is -0.137. The Hall–Kier alpha value is -0.120. The van der Waals surface area contributed by atoms with Crippen molar-refractivity contribution in [1.82, 2.24) is 10.2 Å². The molecule has 3 nitrogen and oxygen atoms in total. The number of nitrogens with one attached hydrogen (secondary N) is 1. The van der Waals surface area contributed by atoms with Crippen molar-refractivity contribution >= 4 is 0 Å². The summed E-state index contributed by atoms with van der Waals surface area (Å²) in [7, 11) is 0. The van der Waals surface area contributed by atoms with Gasteiger partial charge in [0.05, 0.1) is 6.10 Å². The van der Waals surface area contributed by atoms with E-state index in [9.17, 15) is 5.11 Å². The van der Waals surface area contributed by atoms with Crippen LogP contribution in [-0.4, -0.2) is 48.3 Å². The maximum atomic E-state index is 9.70. The van der Waals surface area contributed by atoms with Crippen LogP contribution < -0.4 is 5.32 Å². The van der Waals surface area contributed by atoms with E-state index in [0.717, 1.165) is 32.5 Å². The molecule has 0 aromatic rings. The zero-order valence-corrected chi connectivity index (χ0v) is 14.3. The number of nitrogens with zero attached hydrogens (tertiary/aromatic N) is 1. The third-order valence-corrected chi connectivity index (χ3v) is 4.71. The molecule has 0 aromatic heterocycles. The molecule has 2 unspecified atom stereocenters. The van der Waals surface area contributed by atoms with Crippen molar-refractivity contribution in [2.45, 2.75) is 72.4 Å². The smallest absolute Gasteiger partial charge is 0.0541 e. The van der Waals surface area contributed by atoms with Gasteiger partial charge in [-0.25, -0.2) is 0 Å². The molecule has 1 aliphatic rings. The molecule has 2 N–H and O–H groups in total. The van der Waals surface area contributed by atoms with E-state index < -0.39 is 0 Å². The van der Waals surface area contributed by atoms with E-state index in [4.69, 9.17) is 0 Å². The summed E-state index contributed by atoms with van der Waals surface area (Å²) < 4.78 is 0. The second-order valence-electron chi connectivity index (χ2n) is 7.45. The summed E-state index contributed by atoms with van der Waals surface area (Å²) in [5.74, 6) is 0.512. The van der Waals surface area contributed by atoms with Gasteiger partial charge in [-0.15, -0.1) is 0 Å². The van der Waals surface area contributed by atoms with Crippen LogP contribution in [0.2, 0.25) is 0 Å². The lowest BCUT2D eigenvalue weighted by Crippen LogP contribution is -2.47. The fraction of sp³-hybridized carbons (Fsp3) is 1.00. The molecular weight excluding hydrogens is 248 g/mol. The van der Waals surface area contributed by atoms with Crippen molar-refractivity contribution in [1.29, 1.82) is 0 Å². The monoisotopic (exact) mass is 284 g/mol. The summed E-state index contributed by atoms with van der Waals surface area (Å²) >= 11 is 0. The molecule has 0 aliphatic carbocycles. The van der Waals surface area contributed by atoms with Gasteiger partial charge in [-0.2, -0.15) is 0 Å². The molecule has 0 spiro atoms. The van der Waals surface area contributed by atoms with Crippen molar-refractivity contribution in [3.8, 4) is 0 Å². The average Bonchev–Trinajstić information content (AvgIpc) is 2.37. The van der Waals surface area contributed by atoms with E-state index in [0.29, 0.717) is 17.4 Å². The molecule has 120 valence electrons. The summed E-state index contributed by atoms with van der Waals surface area (Å²) in [5, 5.41) is 13.3. The standard InChI is InChI=1S/C17H36N2O/c1-6-9-17(5,12-18-14(2)3)13-19-10-7-16(8-11-19)15(4)20/h14-16,18,20H,6-13H2,1-5H3. The SMILES string of the molecule is CCCC(C)(CNC(C)C)CN1CCC(C(C)O)CC1. The van der Waals surface area contributed by atoms with Gasteiger partial charge in [0.2, 0.25) is 0 Å². The number of hydrogen-bond acceptors (Lipinski definition) is 3. The first-order valence-electron chi connectivity index (χ1n) is 8.50. The lowest BCUT2D eigenvalue weighted by molar-refractivity contribution is 0.0531. The highest BCUT2D eigenvalue weighted by molar-refractivity contribution is 4.84. The second-order valence-corrected chi connectivity index (χ2v) is 7.45. The maximum absolute atomic E-state index is 9.70. The normalized spacial score (nSPS) is 22.9. The Labute approximate surface area is 126 Å². The van der Waals surface area contributed by atoms with Crippen LogP contribution in [0.4, 0.5) is 0 Å². The van der Waals surface area contributed by atoms with Crippen LogP contribution in [0.15, 0.2) is 0 Å². The Balaban J connectivity index is 2.45. The van der Waals surface area contributed by atoms with Crippen LogP contribution >= 0.6 is 0 Å². The fourth-order valence-corrected chi connectivity index (χ4v) is 3.41. The zero-order valence-electron chi connectivity index (χ0n) is 14.3. The minimum Gasteiger partial charge on any atom is -0.393 e. The van der Waals surface area contributed by atoms with E-state index in [2.05, 4.69) is 37.9 Å². The van der Waals surface area contributed by atoms with E-state index >= 15 is 0 Å². The van der Waals surface area contributed by atoms with Crippen LogP contribution in [0.25, 0.3) is 0 Å². The number of piperidine rings is 1. The molecule has 1 rings (SSSR count). The van der Waals surface area contributed by atoms with Crippen LogP contribution in [0.1, 0.15) is 60.3 Å². The highest BCUT2D eigenvalue weighted by Gasteiger charge is 2.29. The quantitative estimate of drug-likeness (QED) is 0.719. The molecule has 2 atom stereocenters. The predicted octanol–water partition coefficient (Wildman–Crippen LogP) is 2.88. The Morgan fingerprint density at radius 1 is 1.25 bits per heavy atom. The van der Waals surface area contributed by atoms with Crippen LogP contribution in [-0.2, 0) is 0 Å². The Bertz CT molecular complexity index is 260. The largest absolute Gasteiger partial charge is 0.393 e. The number of likely N-dealkylation sites (tertiary alicyclic amines) is 1. The summed E-state index contributed by atoms with van der Waals surface area (Å²) in [6.45, 7) is 15.7. The molecule has 1 saturated heterocycles. The highest BCUT2D eigenvalue weighted by atomic mass is 16.3. The lowest BCUT2D eigenvalue weighted by atomic mass is 9.83. The number of aliphatic hydroxyl groups is 1. The van der Waals surface area contributed by atoms with E-state index in [-0.39, 0.29) is 6.10 Å². The molecule has 3 heteroatoms. The van der Waals surface area contributed by atoms with Gasteiger partial charge in [0.1, 0.15) is 0 Å². The van der Waals surface area contributed by atoms with Gasteiger partial charge in [0.25, 0.3) is 0 Å². The van der Waals surface area contributed by atoms with E-state index in [1.807, 2.05) is 6.92 Å². The minimum absolute atomic E-state index is 0.137. The highest BCUT2D eigenvalue weighted by Crippen LogP contribution is 2.28. The van der Waals surface area contributed by atoms with Gasteiger partial charge in [-0.3, -0.25) is 0 Å². The second kappa shape index (κ2) is 8.35. The van der Waals surface area contributed by atoms with E-state index in [1.54, 1.807) is 0 Å².